The van der Waals surface area contributed by atoms with Crippen LogP contribution in [0.15, 0.2) is 23.2 Å². The van der Waals surface area contributed by atoms with E-state index >= 15 is 0 Å². The summed E-state index contributed by atoms with van der Waals surface area (Å²) in [6.07, 6.45) is 0. The molecule has 0 fully saturated rings. The molecule has 0 heterocycles. The summed E-state index contributed by atoms with van der Waals surface area (Å²) in [4.78, 5) is 3.70. The summed E-state index contributed by atoms with van der Waals surface area (Å²) < 4.78 is 12.7. The Labute approximate surface area is 71.1 Å². The van der Waals surface area contributed by atoms with E-state index < -0.39 is 0 Å². The van der Waals surface area contributed by atoms with Crippen LogP contribution in [0.4, 0.5) is 15.8 Å². The van der Waals surface area contributed by atoms with Crippen LogP contribution in [-0.4, -0.2) is 13.3 Å². The lowest BCUT2D eigenvalue weighted by molar-refractivity contribution is 0.628. The van der Waals surface area contributed by atoms with E-state index in [1.54, 1.807) is 6.07 Å². The topological polar surface area (TPSA) is 24.4 Å². The fraction of sp³-hybridized carbons (Fsp3) is 0.222. The molecule has 0 aromatic heterocycles. The highest BCUT2D eigenvalue weighted by molar-refractivity contribution is 5.67. The highest BCUT2D eigenvalue weighted by Crippen LogP contribution is 2.24. The minimum Gasteiger partial charge on any atom is -0.384 e. The molecule has 1 aromatic rings. The number of anilines is 1. The van der Waals surface area contributed by atoms with Gasteiger partial charge in [0.1, 0.15) is 5.82 Å². The van der Waals surface area contributed by atoms with E-state index in [0.29, 0.717) is 5.69 Å². The van der Waals surface area contributed by atoms with E-state index in [4.69, 9.17) is 0 Å². The first-order valence-corrected chi connectivity index (χ1v) is 3.78. The Hall–Kier alpha value is -1.38. The van der Waals surface area contributed by atoms with E-state index in [-0.39, 0.29) is 5.82 Å². The highest BCUT2D eigenvalue weighted by Gasteiger charge is 1.99. The fourth-order valence-corrected chi connectivity index (χ4v) is 0.976. The Kier molecular flexibility index (Phi) is 2.80. The van der Waals surface area contributed by atoms with Crippen molar-refractivity contribution in [1.29, 1.82) is 0 Å². The Bertz CT molecular complexity index is 284. The predicted octanol–water partition coefficient (Wildman–Crippen LogP) is 2.59. The molecule has 0 saturated heterocycles. The molecule has 0 radical (unpaired) electrons. The molecule has 0 aliphatic heterocycles. The van der Waals surface area contributed by atoms with Gasteiger partial charge >= 0.3 is 0 Å². The maximum Gasteiger partial charge on any atom is 0.125 e. The van der Waals surface area contributed by atoms with Crippen molar-refractivity contribution in [3.05, 3.63) is 24.0 Å². The lowest BCUT2D eigenvalue weighted by Crippen LogP contribution is -1.96. The number of halogens is 1. The lowest BCUT2D eigenvalue weighted by Gasteiger charge is -2.05. The van der Waals surface area contributed by atoms with E-state index in [9.17, 15) is 4.39 Å². The largest absolute Gasteiger partial charge is 0.384 e. The summed E-state index contributed by atoms with van der Waals surface area (Å²) in [7, 11) is 0. The van der Waals surface area contributed by atoms with Gasteiger partial charge in [0.2, 0.25) is 0 Å². The monoisotopic (exact) mass is 166 g/mol. The molecule has 0 aliphatic carbocycles. The van der Waals surface area contributed by atoms with Crippen molar-refractivity contribution in [3.8, 4) is 0 Å². The molecule has 0 bridgehead atoms. The fourth-order valence-electron chi connectivity index (χ4n) is 0.976. The maximum absolute atomic E-state index is 12.7. The van der Waals surface area contributed by atoms with E-state index in [1.807, 2.05) is 6.92 Å². The Balaban J connectivity index is 3.02. The molecule has 2 nitrogen and oxygen atoms in total. The smallest absolute Gasteiger partial charge is 0.125 e. The third-order valence-corrected chi connectivity index (χ3v) is 1.50. The normalized spacial score (nSPS) is 9.50. The third kappa shape index (κ3) is 1.81. The number of nitrogens with one attached hydrogen (secondary N) is 1. The van der Waals surface area contributed by atoms with Gasteiger partial charge < -0.3 is 5.32 Å². The second kappa shape index (κ2) is 3.85. The van der Waals surface area contributed by atoms with Gasteiger partial charge in [0.05, 0.1) is 11.4 Å². The minimum atomic E-state index is -0.293. The van der Waals surface area contributed by atoms with Crippen molar-refractivity contribution in [2.24, 2.45) is 4.99 Å². The maximum atomic E-state index is 12.7. The number of aliphatic imine (C=N–C) groups is 1. The van der Waals surface area contributed by atoms with Crippen LogP contribution in [0.25, 0.3) is 0 Å². The zero-order valence-electron chi connectivity index (χ0n) is 6.97. The van der Waals surface area contributed by atoms with Crippen molar-refractivity contribution in [2.45, 2.75) is 6.92 Å². The minimum absolute atomic E-state index is 0.293. The Morgan fingerprint density at radius 1 is 1.58 bits per heavy atom. The predicted molar refractivity (Wildman–Crippen MR) is 49.8 cm³/mol. The SMILES string of the molecule is C=Nc1cc(F)ccc1NCC. The third-order valence-electron chi connectivity index (χ3n) is 1.50. The molecule has 0 unspecified atom stereocenters. The van der Waals surface area contributed by atoms with Gasteiger partial charge in [-0.3, -0.25) is 4.99 Å². The first-order valence-electron chi connectivity index (χ1n) is 3.78. The van der Waals surface area contributed by atoms with Crippen LogP contribution in [0.5, 0.6) is 0 Å². The van der Waals surface area contributed by atoms with Crippen LogP contribution in [-0.2, 0) is 0 Å². The molecule has 1 N–H and O–H groups in total. The van der Waals surface area contributed by atoms with Crippen LogP contribution in [0.3, 0.4) is 0 Å². The summed E-state index contributed by atoms with van der Waals surface area (Å²) in [5.41, 5.74) is 1.37. The van der Waals surface area contributed by atoms with Gasteiger partial charge in [-0.05, 0) is 25.8 Å². The Morgan fingerprint density at radius 3 is 2.92 bits per heavy atom. The van der Waals surface area contributed by atoms with Crippen molar-refractivity contribution in [1.82, 2.24) is 0 Å². The van der Waals surface area contributed by atoms with Crippen LogP contribution in [0.1, 0.15) is 6.92 Å². The first kappa shape index (κ1) is 8.71. The van der Waals surface area contributed by atoms with Crippen molar-refractivity contribution >= 4 is 18.1 Å². The average molecular weight is 166 g/mol. The molecule has 0 spiro atoms. The van der Waals surface area contributed by atoms with Crippen molar-refractivity contribution < 1.29 is 4.39 Å². The second-order valence-electron chi connectivity index (χ2n) is 2.35. The first-order chi connectivity index (χ1) is 5.77. The summed E-state index contributed by atoms with van der Waals surface area (Å²) in [5, 5.41) is 3.05. The van der Waals surface area contributed by atoms with Crippen molar-refractivity contribution in [2.75, 3.05) is 11.9 Å². The second-order valence-corrected chi connectivity index (χ2v) is 2.35. The standard InChI is InChI=1S/C9H11FN2/c1-3-12-8-5-4-7(10)6-9(8)11-2/h4-6,12H,2-3H2,1H3. The van der Waals surface area contributed by atoms with Crippen LogP contribution in [0, 0.1) is 5.82 Å². The summed E-state index contributed by atoms with van der Waals surface area (Å²) in [6, 6.07) is 4.40. The van der Waals surface area contributed by atoms with Gasteiger partial charge in [-0.2, -0.15) is 0 Å². The number of nitrogens with zero attached hydrogens (tertiary/aromatic N) is 1. The van der Waals surface area contributed by atoms with Crippen molar-refractivity contribution in [3.63, 3.8) is 0 Å². The zero-order valence-corrected chi connectivity index (χ0v) is 6.97. The van der Waals surface area contributed by atoms with Gasteiger partial charge in [-0.1, -0.05) is 0 Å². The van der Waals surface area contributed by atoms with Crippen LogP contribution >= 0.6 is 0 Å². The number of rotatable bonds is 3. The van der Waals surface area contributed by atoms with Gasteiger partial charge in [0, 0.05) is 12.6 Å². The van der Waals surface area contributed by atoms with E-state index in [0.717, 1.165) is 12.2 Å². The van der Waals surface area contributed by atoms with E-state index in [2.05, 4.69) is 17.0 Å². The van der Waals surface area contributed by atoms with E-state index in [1.165, 1.54) is 12.1 Å². The number of hydrogen-bond donors (Lipinski definition) is 1. The molecule has 64 valence electrons. The Morgan fingerprint density at radius 2 is 2.33 bits per heavy atom. The summed E-state index contributed by atoms with van der Waals surface area (Å²) in [6.45, 7) is 6.11. The molecule has 0 atom stereocenters. The quantitative estimate of drug-likeness (QED) is 0.686. The number of benzene rings is 1. The summed E-state index contributed by atoms with van der Waals surface area (Å²) in [5.74, 6) is -0.293. The van der Waals surface area contributed by atoms with Gasteiger partial charge in [0.15, 0.2) is 0 Å². The molecule has 12 heavy (non-hydrogen) atoms. The molecule has 0 saturated carbocycles. The zero-order chi connectivity index (χ0) is 8.97. The van der Waals surface area contributed by atoms with Gasteiger partial charge in [0.25, 0.3) is 0 Å². The van der Waals surface area contributed by atoms with Crippen LogP contribution < -0.4 is 5.32 Å². The molecular formula is C9H11FN2. The molecule has 1 rings (SSSR count). The molecular weight excluding hydrogens is 155 g/mol. The molecule has 0 amide bonds. The molecule has 3 heteroatoms. The summed E-state index contributed by atoms with van der Waals surface area (Å²) >= 11 is 0. The van der Waals surface area contributed by atoms with Gasteiger partial charge in [-0.15, -0.1) is 0 Å². The average Bonchev–Trinajstić information content (AvgIpc) is 2.08. The molecule has 0 aliphatic rings. The lowest BCUT2D eigenvalue weighted by atomic mass is 10.2. The van der Waals surface area contributed by atoms with Crippen LogP contribution in [0.2, 0.25) is 0 Å². The van der Waals surface area contributed by atoms with Gasteiger partial charge in [-0.25, -0.2) is 4.39 Å². The number of hydrogen-bond acceptors (Lipinski definition) is 2. The highest BCUT2D eigenvalue weighted by atomic mass is 19.1. The molecule has 1 aromatic carbocycles.